The quantitative estimate of drug-likeness (QED) is 0.756. The lowest BCUT2D eigenvalue weighted by Gasteiger charge is -2.35. The van der Waals surface area contributed by atoms with Crippen molar-refractivity contribution in [2.75, 3.05) is 32.7 Å². The molecule has 5 nitrogen and oxygen atoms in total. The molecule has 0 spiro atoms. The van der Waals surface area contributed by atoms with Crippen LogP contribution in [0.3, 0.4) is 0 Å². The minimum atomic E-state index is 0.255. The van der Waals surface area contributed by atoms with Crippen LogP contribution in [0.15, 0.2) is 29.6 Å². The van der Waals surface area contributed by atoms with Gasteiger partial charge in [-0.2, -0.15) is 0 Å². The van der Waals surface area contributed by atoms with Gasteiger partial charge in [-0.05, 0) is 47.5 Å². The standard InChI is InChI=1S/C21H27ClN4OS/c1-14-7-15(2)9-26(8-14)21(27)12-25-10-18(16-3-5-17(22)6-4-16)19(11-25)20-13-28-24-23-20/h3-6,13-15,18-19H,7-12H2,1-2H3/t14-,15-,18+,19-/m0/s1. The van der Waals surface area contributed by atoms with E-state index in [1.54, 1.807) is 0 Å². The highest BCUT2D eigenvalue weighted by atomic mass is 35.5. The maximum absolute atomic E-state index is 13.0. The Morgan fingerprint density at radius 3 is 2.43 bits per heavy atom. The average molecular weight is 419 g/mol. The number of carbonyl (C=O) groups excluding carboxylic acids is 1. The zero-order valence-corrected chi connectivity index (χ0v) is 18.0. The first-order valence-electron chi connectivity index (χ1n) is 10.0. The van der Waals surface area contributed by atoms with Crippen LogP contribution < -0.4 is 0 Å². The van der Waals surface area contributed by atoms with Crippen LogP contribution in [-0.2, 0) is 4.79 Å². The largest absolute Gasteiger partial charge is 0.341 e. The summed E-state index contributed by atoms with van der Waals surface area (Å²) in [5.74, 6) is 1.98. The number of carbonyl (C=O) groups is 1. The summed E-state index contributed by atoms with van der Waals surface area (Å²) in [6.07, 6.45) is 1.21. The van der Waals surface area contributed by atoms with Crippen LogP contribution in [0.4, 0.5) is 0 Å². The molecule has 1 aromatic carbocycles. The Morgan fingerprint density at radius 1 is 1.11 bits per heavy atom. The monoisotopic (exact) mass is 418 g/mol. The zero-order chi connectivity index (χ0) is 19.7. The van der Waals surface area contributed by atoms with Gasteiger partial charge in [0.2, 0.25) is 5.91 Å². The fourth-order valence-electron chi connectivity index (χ4n) is 4.85. The van der Waals surface area contributed by atoms with Crippen LogP contribution in [0.5, 0.6) is 0 Å². The molecule has 150 valence electrons. The van der Waals surface area contributed by atoms with E-state index in [0.717, 1.165) is 36.9 Å². The number of amides is 1. The lowest BCUT2D eigenvalue weighted by molar-refractivity contribution is -0.134. The molecule has 2 aliphatic rings. The van der Waals surface area contributed by atoms with Crippen molar-refractivity contribution in [2.45, 2.75) is 32.1 Å². The normalized spacial score (nSPS) is 28.6. The average Bonchev–Trinajstić information content (AvgIpc) is 3.31. The van der Waals surface area contributed by atoms with Crippen LogP contribution in [0.1, 0.15) is 43.4 Å². The molecule has 0 saturated carbocycles. The van der Waals surface area contributed by atoms with Crippen molar-refractivity contribution in [3.8, 4) is 0 Å². The van der Waals surface area contributed by atoms with Crippen LogP contribution >= 0.6 is 23.1 Å². The van der Waals surface area contributed by atoms with Crippen LogP contribution in [-0.4, -0.2) is 58.0 Å². The van der Waals surface area contributed by atoms with E-state index in [1.807, 2.05) is 17.5 Å². The number of nitrogens with zero attached hydrogens (tertiary/aromatic N) is 4. The zero-order valence-electron chi connectivity index (χ0n) is 16.4. The lowest BCUT2D eigenvalue weighted by atomic mass is 9.87. The molecule has 3 heterocycles. The second-order valence-electron chi connectivity index (χ2n) is 8.53. The molecule has 1 aromatic heterocycles. The van der Waals surface area contributed by atoms with Gasteiger partial charge in [-0.1, -0.05) is 42.1 Å². The van der Waals surface area contributed by atoms with E-state index in [-0.39, 0.29) is 11.8 Å². The Labute approximate surface area is 175 Å². The van der Waals surface area contributed by atoms with E-state index < -0.39 is 0 Å². The van der Waals surface area contributed by atoms with Gasteiger partial charge in [0.05, 0.1) is 12.2 Å². The summed E-state index contributed by atoms with van der Waals surface area (Å²) in [5, 5.41) is 7.11. The number of halogens is 1. The first-order chi connectivity index (χ1) is 13.5. The van der Waals surface area contributed by atoms with E-state index in [1.165, 1.54) is 23.5 Å². The van der Waals surface area contributed by atoms with Crippen molar-refractivity contribution >= 4 is 29.0 Å². The van der Waals surface area contributed by atoms with E-state index in [0.29, 0.717) is 24.3 Å². The lowest BCUT2D eigenvalue weighted by Crippen LogP contribution is -2.46. The molecular weight excluding hydrogens is 392 g/mol. The summed E-state index contributed by atoms with van der Waals surface area (Å²) in [4.78, 5) is 17.3. The molecule has 0 radical (unpaired) electrons. The number of aromatic nitrogens is 2. The summed E-state index contributed by atoms with van der Waals surface area (Å²) in [7, 11) is 0. The molecule has 2 aromatic rings. The van der Waals surface area contributed by atoms with Crippen molar-refractivity contribution in [3.63, 3.8) is 0 Å². The van der Waals surface area contributed by atoms with E-state index in [4.69, 9.17) is 11.6 Å². The van der Waals surface area contributed by atoms with Gasteiger partial charge in [0.15, 0.2) is 0 Å². The van der Waals surface area contributed by atoms with Gasteiger partial charge in [0.25, 0.3) is 0 Å². The maximum Gasteiger partial charge on any atom is 0.236 e. The second kappa shape index (κ2) is 8.47. The summed E-state index contributed by atoms with van der Waals surface area (Å²) >= 11 is 7.47. The van der Waals surface area contributed by atoms with Crippen LogP contribution in [0.2, 0.25) is 5.02 Å². The van der Waals surface area contributed by atoms with Gasteiger partial charge >= 0.3 is 0 Å². The summed E-state index contributed by atoms with van der Waals surface area (Å²) in [5.41, 5.74) is 2.28. The fraction of sp³-hybridized carbons (Fsp3) is 0.571. The second-order valence-corrected chi connectivity index (χ2v) is 9.58. The highest BCUT2D eigenvalue weighted by Gasteiger charge is 2.38. The fourth-order valence-corrected chi connectivity index (χ4v) is 5.50. The molecule has 4 atom stereocenters. The van der Waals surface area contributed by atoms with E-state index in [2.05, 4.69) is 45.4 Å². The number of hydrogen-bond acceptors (Lipinski definition) is 5. The molecule has 0 aliphatic carbocycles. The molecule has 0 unspecified atom stereocenters. The number of hydrogen-bond donors (Lipinski definition) is 0. The van der Waals surface area contributed by atoms with Crippen molar-refractivity contribution < 1.29 is 4.79 Å². The summed E-state index contributed by atoms with van der Waals surface area (Å²) in [6, 6.07) is 8.08. The van der Waals surface area contributed by atoms with Gasteiger partial charge in [-0.3, -0.25) is 9.69 Å². The third kappa shape index (κ3) is 4.39. The Hall–Kier alpha value is -1.50. The minimum absolute atomic E-state index is 0.255. The summed E-state index contributed by atoms with van der Waals surface area (Å²) in [6.45, 7) is 8.44. The highest BCUT2D eigenvalue weighted by molar-refractivity contribution is 7.03. The topological polar surface area (TPSA) is 49.3 Å². The first-order valence-corrected chi connectivity index (χ1v) is 11.2. The van der Waals surface area contributed by atoms with Gasteiger partial charge in [-0.15, -0.1) is 5.10 Å². The third-order valence-corrected chi connectivity index (χ3v) is 6.81. The predicted octanol–water partition coefficient (Wildman–Crippen LogP) is 3.88. The van der Waals surface area contributed by atoms with Crippen molar-refractivity contribution in [3.05, 3.63) is 45.9 Å². The SMILES string of the molecule is C[C@H]1C[C@H](C)CN(C(=O)CN2C[C@H](c3ccc(Cl)cc3)[C@@H](c3csnn3)C2)C1. The number of piperidine rings is 1. The third-order valence-electron chi connectivity index (χ3n) is 6.03. The molecule has 28 heavy (non-hydrogen) atoms. The molecule has 0 bridgehead atoms. The molecule has 7 heteroatoms. The molecule has 1 amide bonds. The Kier molecular flexibility index (Phi) is 5.99. The molecule has 2 fully saturated rings. The smallest absolute Gasteiger partial charge is 0.236 e. The Balaban J connectivity index is 1.48. The van der Waals surface area contributed by atoms with Crippen LogP contribution in [0, 0.1) is 11.8 Å². The molecule has 0 N–H and O–H groups in total. The van der Waals surface area contributed by atoms with Crippen LogP contribution in [0.25, 0.3) is 0 Å². The molecular formula is C21H27ClN4OS. The minimum Gasteiger partial charge on any atom is -0.341 e. The molecule has 2 aliphatic heterocycles. The van der Waals surface area contributed by atoms with Gasteiger partial charge in [-0.25, -0.2) is 0 Å². The van der Waals surface area contributed by atoms with Crippen molar-refractivity contribution in [1.29, 1.82) is 0 Å². The molecule has 2 saturated heterocycles. The number of rotatable bonds is 4. The van der Waals surface area contributed by atoms with Gasteiger partial charge in [0, 0.05) is 48.4 Å². The van der Waals surface area contributed by atoms with Crippen molar-refractivity contribution in [2.24, 2.45) is 11.8 Å². The van der Waals surface area contributed by atoms with E-state index >= 15 is 0 Å². The van der Waals surface area contributed by atoms with Gasteiger partial charge in [0.1, 0.15) is 0 Å². The Morgan fingerprint density at radius 2 is 1.79 bits per heavy atom. The maximum atomic E-state index is 13.0. The van der Waals surface area contributed by atoms with Crippen molar-refractivity contribution in [1.82, 2.24) is 19.4 Å². The highest BCUT2D eigenvalue weighted by Crippen LogP contribution is 2.39. The molecule has 4 rings (SSSR count). The number of likely N-dealkylation sites (tertiary alicyclic amines) is 2. The summed E-state index contributed by atoms with van der Waals surface area (Å²) < 4.78 is 4.06. The van der Waals surface area contributed by atoms with E-state index in [9.17, 15) is 4.79 Å². The Bertz CT molecular complexity index is 787. The van der Waals surface area contributed by atoms with Gasteiger partial charge < -0.3 is 4.90 Å². The first kappa shape index (κ1) is 19.8. The number of benzene rings is 1. The predicted molar refractivity (Wildman–Crippen MR) is 113 cm³/mol.